The molecule has 2 aromatic heterocycles. The summed E-state index contributed by atoms with van der Waals surface area (Å²) < 4.78 is 1.92. The summed E-state index contributed by atoms with van der Waals surface area (Å²) in [6.45, 7) is 2.96. The van der Waals surface area contributed by atoms with Crippen LogP contribution in [0.5, 0.6) is 0 Å². The molecule has 3 rings (SSSR count). The molecule has 0 bridgehead atoms. The molecule has 0 aliphatic heterocycles. The van der Waals surface area contributed by atoms with Crippen molar-refractivity contribution in [3.63, 3.8) is 0 Å². The van der Waals surface area contributed by atoms with Crippen LogP contribution >= 0.6 is 0 Å². The summed E-state index contributed by atoms with van der Waals surface area (Å²) >= 11 is 0. The van der Waals surface area contributed by atoms with Crippen molar-refractivity contribution in [2.75, 3.05) is 0 Å². The SMILES string of the molecule is CCn1cc(-c2ccc(-c3ccccc3)nc2)cn1. The molecule has 0 spiro atoms. The average molecular weight is 249 g/mol. The van der Waals surface area contributed by atoms with Crippen molar-refractivity contribution < 1.29 is 0 Å². The second-order valence-corrected chi connectivity index (χ2v) is 4.38. The van der Waals surface area contributed by atoms with Crippen LogP contribution in [0.1, 0.15) is 6.92 Å². The van der Waals surface area contributed by atoms with Gasteiger partial charge in [-0.2, -0.15) is 5.10 Å². The van der Waals surface area contributed by atoms with Crippen molar-refractivity contribution in [1.82, 2.24) is 14.8 Å². The maximum Gasteiger partial charge on any atom is 0.0702 e. The molecule has 0 aliphatic rings. The zero-order chi connectivity index (χ0) is 13.1. The Morgan fingerprint density at radius 2 is 1.74 bits per heavy atom. The summed E-state index contributed by atoms with van der Waals surface area (Å²) in [5, 5.41) is 4.28. The van der Waals surface area contributed by atoms with Gasteiger partial charge < -0.3 is 0 Å². The van der Waals surface area contributed by atoms with Gasteiger partial charge in [0.1, 0.15) is 0 Å². The van der Waals surface area contributed by atoms with Crippen LogP contribution in [0.25, 0.3) is 22.4 Å². The topological polar surface area (TPSA) is 30.7 Å². The van der Waals surface area contributed by atoms with Crippen LogP contribution in [0.15, 0.2) is 61.1 Å². The zero-order valence-corrected chi connectivity index (χ0v) is 10.8. The smallest absolute Gasteiger partial charge is 0.0702 e. The molecule has 0 fully saturated rings. The molecule has 0 atom stereocenters. The van der Waals surface area contributed by atoms with Gasteiger partial charge in [-0.1, -0.05) is 36.4 Å². The van der Waals surface area contributed by atoms with E-state index in [1.54, 1.807) is 0 Å². The molecule has 0 amide bonds. The Kier molecular flexibility index (Phi) is 3.11. The number of aromatic nitrogens is 3. The number of hydrogen-bond acceptors (Lipinski definition) is 2. The Bertz CT molecular complexity index is 654. The first-order valence-electron chi connectivity index (χ1n) is 6.41. The fraction of sp³-hybridized carbons (Fsp3) is 0.125. The fourth-order valence-corrected chi connectivity index (χ4v) is 2.03. The van der Waals surface area contributed by atoms with Crippen LogP contribution < -0.4 is 0 Å². The average Bonchev–Trinajstić information content (AvgIpc) is 2.97. The highest BCUT2D eigenvalue weighted by atomic mass is 15.3. The van der Waals surface area contributed by atoms with Gasteiger partial charge in [-0.25, -0.2) is 0 Å². The van der Waals surface area contributed by atoms with Crippen LogP contribution in [-0.4, -0.2) is 14.8 Å². The highest BCUT2D eigenvalue weighted by molar-refractivity contribution is 5.65. The minimum atomic E-state index is 0.884. The van der Waals surface area contributed by atoms with E-state index >= 15 is 0 Å². The third kappa shape index (κ3) is 2.40. The van der Waals surface area contributed by atoms with Crippen LogP contribution in [0.4, 0.5) is 0 Å². The van der Waals surface area contributed by atoms with E-state index in [1.165, 1.54) is 0 Å². The first kappa shape index (κ1) is 11.7. The standard InChI is InChI=1S/C16H15N3/c1-2-19-12-15(11-18-19)14-8-9-16(17-10-14)13-6-4-3-5-7-13/h3-12H,2H2,1H3. The minimum Gasteiger partial charge on any atom is -0.272 e. The molecular weight excluding hydrogens is 234 g/mol. The van der Waals surface area contributed by atoms with Crippen molar-refractivity contribution in [3.8, 4) is 22.4 Å². The van der Waals surface area contributed by atoms with Gasteiger partial charge >= 0.3 is 0 Å². The highest BCUT2D eigenvalue weighted by Gasteiger charge is 2.03. The predicted octanol–water partition coefficient (Wildman–Crippen LogP) is 3.63. The molecular formula is C16H15N3. The maximum absolute atomic E-state index is 4.52. The van der Waals surface area contributed by atoms with Crippen LogP contribution in [-0.2, 0) is 6.54 Å². The van der Waals surface area contributed by atoms with E-state index in [9.17, 15) is 0 Å². The maximum atomic E-state index is 4.52. The van der Waals surface area contributed by atoms with Gasteiger partial charge in [-0.3, -0.25) is 9.67 Å². The van der Waals surface area contributed by atoms with Crippen LogP contribution in [0.3, 0.4) is 0 Å². The monoisotopic (exact) mass is 249 g/mol. The van der Waals surface area contributed by atoms with Gasteiger partial charge in [0, 0.05) is 35.6 Å². The lowest BCUT2D eigenvalue weighted by Crippen LogP contribution is -1.92. The van der Waals surface area contributed by atoms with Gasteiger partial charge in [0.15, 0.2) is 0 Å². The molecule has 1 aromatic carbocycles. The number of pyridine rings is 1. The Balaban J connectivity index is 1.90. The number of benzene rings is 1. The van der Waals surface area contributed by atoms with Crippen molar-refractivity contribution in [3.05, 3.63) is 61.1 Å². The van der Waals surface area contributed by atoms with Gasteiger partial charge in [-0.05, 0) is 13.0 Å². The molecule has 0 N–H and O–H groups in total. The van der Waals surface area contributed by atoms with Crippen molar-refractivity contribution in [1.29, 1.82) is 0 Å². The third-order valence-corrected chi connectivity index (χ3v) is 3.12. The van der Waals surface area contributed by atoms with Crippen molar-refractivity contribution in [2.45, 2.75) is 13.5 Å². The van der Waals surface area contributed by atoms with Gasteiger partial charge in [0.25, 0.3) is 0 Å². The first-order valence-corrected chi connectivity index (χ1v) is 6.41. The Morgan fingerprint density at radius 3 is 2.37 bits per heavy atom. The first-order chi connectivity index (χ1) is 9.36. The molecule has 0 saturated heterocycles. The molecule has 19 heavy (non-hydrogen) atoms. The van der Waals surface area contributed by atoms with E-state index < -0.39 is 0 Å². The lowest BCUT2D eigenvalue weighted by atomic mass is 10.1. The molecule has 94 valence electrons. The zero-order valence-electron chi connectivity index (χ0n) is 10.8. The summed E-state index contributed by atoms with van der Waals surface area (Å²) in [6.07, 6.45) is 5.82. The van der Waals surface area contributed by atoms with Gasteiger partial charge in [-0.15, -0.1) is 0 Å². The highest BCUT2D eigenvalue weighted by Crippen LogP contribution is 2.21. The molecule has 3 aromatic rings. The van der Waals surface area contributed by atoms with Crippen LogP contribution in [0, 0.1) is 0 Å². The minimum absolute atomic E-state index is 0.884. The normalized spacial score (nSPS) is 10.6. The lowest BCUT2D eigenvalue weighted by Gasteiger charge is -2.02. The number of hydrogen-bond donors (Lipinski definition) is 0. The second-order valence-electron chi connectivity index (χ2n) is 4.38. The van der Waals surface area contributed by atoms with E-state index in [0.717, 1.165) is 28.9 Å². The van der Waals surface area contributed by atoms with Gasteiger partial charge in [0.05, 0.1) is 11.9 Å². The van der Waals surface area contributed by atoms with Crippen molar-refractivity contribution >= 4 is 0 Å². The molecule has 0 aliphatic carbocycles. The number of rotatable bonds is 3. The van der Waals surface area contributed by atoms with Crippen LogP contribution in [0.2, 0.25) is 0 Å². The van der Waals surface area contributed by atoms with E-state index in [0.29, 0.717) is 0 Å². The molecule has 0 saturated carbocycles. The number of nitrogens with zero attached hydrogens (tertiary/aromatic N) is 3. The third-order valence-electron chi connectivity index (χ3n) is 3.12. The Hall–Kier alpha value is -2.42. The largest absolute Gasteiger partial charge is 0.272 e. The Morgan fingerprint density at radius 1 is 0.895 bits per heavy atom. The summed E-state index contributed by atoms with van der Waals surface area (Å²) in [5.74, 6) is 0. The molecule has 3 nitrogen and oxygen atoms in total. The van der Waals surface area contributed by atoms with Gasteiger partial charge in [0.2, 0.25) is 0 Å². The summed E-state index contributed by atoms with van der Waals surface area (Å²) in [7, 11) is 0. The second kappa shape index (κ2) is 5.06. The van der Waals surface area contributed by atoms with E-state index in [4.69, 9.17) is 0 Å². The molecule has 0 radical (unpaired) electrons. The van der Waals surface area contributed by atoms with E-state index in [-0.39, 0.29) is 0 Å². The summed E-state index contributed by atoms with van der Waals surface area (Å²) in [6, 6.07) is 14.3. The number of aryl methyl sites for hydroxylation is 1. The summed E-state index contributed by atoms with van der Waals surface area (Å²) in [5.41, 5.74) is 4.33. The Labute approximate surface area is 112 Å². The quantitative estimate of drug-likeness (QED) is 0.709. The molecule has 2 heterocycles. The molecule has 0 unspecified atom stereocenters. The fourth-order valence-electron chi connectivity index (χ4n) is 2.03. The van der Waals surface area contributed by atoms with Crippen molar-refractivity contribution in [2.24, 2.45) is 0 Å². The predicted molar refractivity (Wildman–Crippen MR) is 76.6 cm³/mol. The lowest BCUT2D eigenvalue weighted by molar-refractivity contribution is 0.660. The summed E-state index contributed by atoms with van der Waals surface area (Å²) in [4.78, 5) is 4.52. The molecule has 3 heteroatoms. The van der Waals surface area contributed by atoms with E-state index in [1.807, 2.05) is 47.5 Å². The van der Waals surface area contributed by atoms with E-state index in [2.05, 4.69) is 35.2 Å².